The van der Waals surface area contributed by atoms with Crippen LogP contribution in [-0.2, 0) is 6.42 Å². The summed E-state index contributed by atoms with van der Waals surface area (Å²) in [6, 6.07) is 4.01. The van der Waals surface area contributed by atoms with Crippen molar-refractivity contribution in [2.24, 2.45) is 0 Å². The summed E-state index contributed by atoms with van der Waals surface area (Å²) in [5.41, 5.74) is 2.51. The summed E-state index contributed by atoms with van der Waals surface area (Å²) in [6.07, 6.45) is 0.948. The van der Waals surface area contributed by atoms with E-state index in [4.69, 9.17) is 4.74 Å². The molecule has 0 aliphatic carbocycles. The average molecular weight is 221 g/mol. The van der Waals surface area contributed by atoms with Gasteiger partial charge in [-0.3, -0.25) is 0 Å². The molecule has 88 valence electrons. The van der Waals surface area contributed by atoms with Gasteiger partial charge in [0.25, 0.3) is 0 Å². The minimum atomic E-state index is 0.0917. The molecule has 1 heterocycles. The number of phenols is 1. The van der Waals surface area contributed by atoms with Crippen LogP contribution in [0.15, 0.2) is 12.1 Å². The van der Waals surface area contributed by atoms with E-state index in [0.29, 0.717) is 5.75 Å². The Balaban J connectivity index is 2.49. The molecule has 1 unspecified atom stereocenters. The molecule has 1 aromatic carbocycles. The van der Waals surface area contributed by atoms with Gasteiger partial charge in [-0.05, 0) is 50.5 Å². The molecule has 0 radical (unpaired) electrons. The van der Waals surface area contributed by atoms with Crippen LogP contribution in [0.2, 0.25) is 0 Å². The first-order valence-electron chi connectivity index (χ1n) is 5.60. The quantitative estimate of drug-likeness (QED) is 0.765. The largest absolute Gasteiger partial charge is 0.504 e. The van der Waals surface area contributed by atoms with E-state index >= 15 is 0 Å². The number of methoxy groups -OCH3 is 1. The van der Waals surface area contributed by atoms with Crippen molar-refractivity contribution in [2.45, 2.75) is 38.8 Å². The van der Waals surface area contributed by atoms with Crippen LogP contribution >= 0.6 is 0 Å². The van der Waals surface area contributed by atoms with E-state index in [0.717, 1.165) is 12.0 Å². The van der Waals surface area contributed by atoms with Crippen LogP contribution in [0, 0.1) is 0 Å². The maximum Gasteiger partial charge on any atom is 0.160 e. The van der Waals surface area contributed by atoms with Gasteiger partial charge in [-0.2, -0.15) is 0 Å². The highest BCUT2D eigenvalue weighted by molar-refractivity contribution is 5.49. The number of hydrogen-bond acceptors (Lipinski definition) is 3. The monoisotopic (exact) mass is 221 g/mol. The molecule has 0 bridgehead atoms. The Labute approximate surface area is 96.4 Å². The Hall–Kier alpha value is -1.22. The van der Waals surface area contributed by atoms with Crippen LogP contribution in [0.25, 0.3) is 0 Å². The van der Waals surface area contributed by atoms with Gasteiger partial charge in [-0.15, -0.1) is 0 Å². The van der Waals surface area contributed by atoms with E-state index in [2.05, 4.69) is 26.1 Å². The molecule has 1 aliphatic rings. The fourth-order valence-electron chi connectivity index (χ4n) is 2.54. The number of phenolic OH excluding ortho intramolecular Hbond substituents is 1. The van der Waals surface area contributed by atoms with Crippen LogP contribution in [0.5, 0.6) is 11.5 Å². The second-order valence-corrected chi connectivity index (χ2v) is 5.15. The molecule has 1 aliphatic heterocycles. The van der Waals surface area contributed by atoms with Crippen molar-refractivity contribution in [3.05, 3.63) is 23.3 Å². The lowest BCUT2D eigenvalue weighted by atomic mass is 9.84. The Morgan fingerprint density at radius 2 is 2.12 bits per heavy atom. The fraction of sp³-hybridized carbons (Fsp3) is 0.538. The maximum atomic E-state index is 9.76. The Morgan fingerprint density at radius 1 is 1.44 bits per heavy atom. The number of fused-ring (bicyclic) bond motifs is 1. The van der Waals surface area contributed by atoms with Crippen molar-refractivity contribution < 1.29 is 9.84 Å². The lowest BCUT2D eigenvalue weighted by Crippen LogP contribution is -2.46. The molecule has 16 heavy (non-hydrogen) atoms. The zero-order chi connectivity index (χ0) is 11.9. The highest BCUT2D eigenvalue weighted by Gasteiger charge is 2.29. The van der Waals surface area contributed by atoms with Crippen LogP contribution in [0.4, 0.5) is 0 Å². The molecule has 3 nitrogen and oxygen atoms in total. The zero-order valence-corrected chi connectivity index (χ0v) is 10.3. The summed E-state index contributed by atoms with van der Waals surface area (Å²) in [7, 11) is 1.58. The smallest absolute Gasteiger partial charge is 0.160 e. The molecule has 1 aromatic rings. The molecule has 0 saturated carbocycles. The topological polar surface area (TPSA) is 41.5 Å². The Bertz CT molecular complexity index is 413. The molecule has 2 rings (SSSR count). The zero-order valence-electron chi connectivity index (χ0n) is 10.3. The van der Waals surface area contributed by atoms with Crippen molar-refractivity contribution in [3.8, 4) is 11.5 Å². The third-order valence-corrected chi connectivity index (χ3v) is 3.15. The van der Waals surface area contributed by atoms with E-state index < -0.39 is 0 Å². The van der Waals surface area contributed by atoms with Crippen LogP contribution in [0.3, 0.4) is 0 Å². The highest BCUT2D eigenvalue weighted by atomic mass is 16.5. The average Bonchev–Trinajstić information content (AvgIpc) is 2.17. The first-order chi connectivity index (χ1) is 7.43. The molecular formula is C13H19NO2. The fourth-order valence-corrected chi connectivity index (χ4v) is 2.54. The lowest BCUT2D eigenvalue weighted by Gasteiger charge is -2.37. The van der Waals surface area contributed by atoms with Crippen molar-refractivity contribution >= 4 is 0 Å². The number of aromatic hydroxyl groups is 1. The van der Waals surface area contributed by atoms with E-state index in [1.165, 1.54) is 5.56 Å². The van der Waals surface area contributed by atoms with Gasteiger partial charge in [0.05, 0.1) is 7.11 Å². The summed E-state index contributed by atoms with van der Waals surface area (Å²) in [4.78, 5) is 0. The van der Waals surface area contributed by atoms with Gasteiger partial charge in [0, 0.05) is 11.6 Å². The molecule has 0 aromatic heterocycles. The molecule has 0 saturated heterocycles. The lowest BCUT2D eigenvalue weighted by molar-refractivity contribution is 0.317. The molecule has 1 atom stereocenters. The van der Waals surface area contributed by atoms with Crippen LogP contribution in [-0.4, -0.2) is 17.8 Å². The third-order valence-electron chi connectivity index (χ3n) is 3.15. The Morgan fingerprint density at radius 3 is 2.75 bits per heavy atom. The predicted octanol–water partition coefficient (Wildman–Crippen LogP) is 2.39. The predicted molar refractivity (Wildman–Crippen MR) is 64.0 cm³/mol. The summed E-state index contributed by atoms with van der Waals surface area (Å²) >= 11 is 0. The Kier molecular flexibility index (Phi) is 2.58. The van der Waals surface area contributed by atoms with Crippen LogP contribution < -0.4 is 10.1 Å². The minimum Gasteiger partial charge on any atom is -0.504 e. The SMILES string of the molecule is COc1cc2c(cc1O)C(C)NC(C)(C)C2. The van der Waals surface area contributed by atoms with Crippen molar-refractivity contribution in [1.82, 2.24) is 5.32 Å². The third kappa shape index (κ3) is 1.87. The van der Waals surface area contributed by atoms with Gasteiger partial charge in [-0.1, -0.05) is 0 Å². The molecular weight excluding hydrogens is 202 g/mol. The number of ether oxygens (including phenoxy) is 1. The second kappa shape index (κ2) is 3.67. The molecule has 2 N–H and O–H groups in total. The van der Waals surface area contributed by atoms with Gasteiger partial charge in [-0.25, -0.2) is 0 Å². The number of nitrogens with one attached hydrogen (secondary N) is 1. The first-order valence-corrected chi connectivity index (χ1v) is 5.60. The van der Waals surface area contributed by atoms with Gasteiger partial charge >= 0.3 is 0 Å². The highest BCUT2D eigenvalue weighted by Crippen LogP contribution is 2.37. The van der Waals surface area contributed by atoms with Crippen molar-refractivity contribution in [2.75, 3.05) is 7.11 Å². The van der Waals surface area contributed by atoms with Crippen LogP contribution in [0.1, 0.15) is 37.9 Å². The summed E-state index contributed by atoms with van der Waals surface area (Å²) in [5, 5.41) is 13.3. The normalized spacial score (nSPS) is 22.6. The minimum absolute atomic E-state index is 0.0917. The van der Waals surface area contributed by atoms with E-state index in [9.17, 15) is 5.11 Å². The number of benzene rings is 1. The second-order valence-electron chi connectivity index (χ2n) is 5.15. The summed E-state index contributed by atoms with van der Waals surface area (Å²) < 4.78 is 5.14. The van der Waals surface area contributed by atoms with E-state index in [-0.39, 0.29) is 17.3 Å². The number of rotatable bonds is 1. The standard InChI is InChI=1S/C13H19NO2/c1-8-10-6-11(15)12(16-4)5-9(10)7-13(2,3)14-8/h5-6,8,14-15H,7H2,1-4H3. The van der Waals surface area contributed by atoms with Crippen molar-refractivity contribution in [1.29, 1.82) is 0 Å². The van der Waals surface area contributed by atoms with Gasteiger partial charge in [0.2, 0.25) is 0 Å². The molecule has 0 spiro atoms. The molecule has 0 fully saturated rings. The number of hydrogen-bond donors (Lipinski definition) is 2. The molecule has 0 amide bonds. The maximum absolute atomic E-state index is 9.76. The van der Waals surface area contributed by atoms with Gasteiger partial charge in [0.1, 0.15) is 0 Å². The first kappa shape index (κ1) is 11.3. The molecule has 3 heteroatoms. The summed E-state index contributed by atoms with van der Waals surface area (Å²) in [6.45, 7) is 6.49. The van der Waals surface area contributed by atoms with Crippen molar-refractivity contribution in [3.63, 3.8) is 0 Å². The van der Waals surface area contributed by atoms with E-state index in [1.54, 1.807) is 13.2 Å². The van der Waals surface area contributed by atoms with Gasteiger partial charge in [0.15, 0.2) is 11.5 Å². The van der Waals surface area contributed by atoms with Gasteiger partial charge < -0.3 is 15.2 Å². The van der Waals surface area contributed by atoms with E-state index in [1.807, 2.05) is 6.07 Å². The summed E-state index contributed by atoms with van der Waals surface area (Å²) in [5.74, 6) is 0.776.